The molecule has 0 saturated carbocycles. The second-order valence-corrected chi connectivity index (χ2v) is 5.58. The largest absolute Gasteiger partial charge is 0.382 e. The summed E-state index contributed by atoms with van der Waals surface area (Å²) in [5, 5.41) is 3.52. The highest BCUT2D eigenvalue weighted by molar-refractivity contribution is 5.48. The SMILES string of the molecule is Cc1cc(NC2CCN(c3ccncc3)CC2)ccc1F. The van der Waals surface area contributed by atoms with Crippen LogP contribution in [0.5, 0.6) is 0 Å². The lowest BCUT2D eigenvalue weighted by Crippen LogP contribution is -2.39. The van der Waals surface area contributed by atoms with Crippen LogP contribution in [0.25, 0.3) is 0 Å². The van der Waals surface area contributed by atoms with Crippen LogP contribution in [0.4, 0.5) is 15.8 Å². The van der Waals surface area contributed by atoms with Crippen LogP contribution in [0.3, 0.4) is 0 Å². The van der Waals surface area contributed by atoms with Gasteiger partial charge in [0.15, 0.2) is 0 Å². The molecule has 4 heteroatoms. The number of halogens is 1. The van der Waals surface area contributed by atoms with Crippen LogP contribution in [0, 0.1) is 12.7 Å². The summed E-state index contributed by atoms with van der Waals surface area (Å²) in [6.45, 7) is 3.86. The van der Waals surface area contributed by atoms with Crippen molar-refractivity contribution in [3.63, 3.8) is 0 Å². The smallest absolute Gasteiger partial charge is 0.126 e. The van der Waals surface area contributed by atoms with Gasteiger partial charge in [-0.1, -0.05) is 0 Å². The summed E-state index contributed by atoms with van der Waals surface area (Å²) in [6.07, 6.45) is 5.83. The van der Waals surface area contributed by atoms with E-state index in [-0.39, 0.29) is 5.82 Å². The van der Waals surface area contributed by atoms with Gasteiger partial charge in [-0.15, -0.1) is 0 Å². The number of hydrogen-bond donors (Lipinski definition) is 1. The molecule has 1 N–H and O–H groups in total. The van der Waals surface area contributed by atoms with E-state index in [1.165, 1.54) is 11.8 Å². The van der Waals surface area contributed by atoms with Gasteiger partial charge in [0, 0.05) is 42.9 Å². The van der Waals surface area contributed by atoms with E-state index in [4.69, 9.17) is 0 Å². The van der Waals surface area contributed by atoms with Crippen LogP contribution in [-0.2, 0) is 0 Å². The van der Waals surface area contributed by atoms with Crippen molar-refractivity contribution < 1.29 is 4.39 Å². The van der Waals surface area contributed by atoms with E-state index in [2.05, 4.69) is 27.3 Å². The van der Waals surface area contributed by atoms with Crippen LogP contribution in [0.15, 0.2) is 42.7 Å². The molecule has 3 rings (SSSR count). The molecule has 3 nitrogen and oxygen atoms in total. The first kappa shape index (κ1) is 13.9. The lowest BCUT2D eigenvalue weighted by molar-refractivity contribution is 0.526. The molecular formula is C17H20FN3. The van der Waals surface area contributed by atoms with Crippen LogP contribution in [0.1, 0.15) is 18.4 Å². The zero-order chi connectivity index (χ0) is 14.7. The van der Waals surface area contributed by atoms with Gasteiger partial charge in [0.1, 0.15) is 5.82 Å². The number of nitrogens with zero attached hydrogens (tertiary/aromatic N) is 2. The third kappa shape index (κ3) is 3.32. The number of pyridine rings is 1. The van der Waals surface area contributed by atoms with Gasteiger partial charge in [0.2, 0.25) is 0 Å². The van der Waals surface area contributed by atoms with Crippen molar-refractivity contribution in [1.29, 1.82) is 0 Å². The maximum Gasteiger partial charge on any atom is 0.126 e. The number of anilines is 2. The van der Waals surface area contributed by atoms with E-state index in [1.54, 1.807) is 6.92 Å². The lowest BCUT2D eigenvalue weighted by Gasteiger charge is -2.34. The second kappa shape index (κ2) is 6.12. The molecule has 1 aromatic heterocycles. The Morgan fingerprint density at radius 2 is 1.86 bits per heavy atom. The zero-order valence-electron chi connectivity index (χ0n) is 12.2. The van der Waals surface area contributed by atoms with Crippen LogP contribution >= 0.6 is 0 Å². The number of aryl methyl sites for hydroxylation is 1. The summed E-state index contributed by atoms with van der Waals surface area (Å²) >= 11 is 0. The molecule has 0 unspecified atom stereocenters. The maximum atomic E-state index is 13.3. The number of nitrogens with one attached hydrogen (secondary N) is 1. The number of hydrogen-bond acceptors (Lipinski definition) is 3. The molecule has 1 aliphatic rings. The Labute approximate surface area is 124 Å². The van der Waals surface area contributed by atoms with E-state index in [1.807, 2.05) is 24.5 Å². The fourth-order valence-electron chi connectivity index (χ4n) is 2.81. The minimum atomic E-state index is -0.145. The lowest BCUT2D eigenvalue weighted by atomic mass is 10.0. The molecule has 1 aromatic carbocycles. The van der Waals surface area contributed by atoms with Gasteiger partial charge in [-0.05, 0) is 55.7 Å². The number of aromatic nitrogens is 1. The Morgan fingerprint density at radius 3 is 2.52 bits per heavy atom. The fourth-order valence-corrected chi connectivity index (χ4v) is 2.81. The topological polar surface area (TPSA) is 28.2 Å². The van der Waals surface area contributed by atoms with Crippen molar-refractivity contribution >= 4 is 11.4 Å². The normalized spacial score (nSPS) is 16.0. The first-order chi connectivity index (χ1) is 10.2. The average Bonchev–Trinajstić information content (AvgIpc) is 2.53. The first-order valence-corrected chi connectivity index (χ1v) is 7.40. The van der Waals surface area contributed by atoms with Gasteiger partial charge >= 0.3 is 0 Å². The molecule has 1 aliphatic heterocycles. The first-order valence-electron chi connectivity index (χ1n) is 7.40. The molecule has 2 aromatic rings. The standard InChI is InChI=1S/C17H20FN3/c1-13-12-15(2-3-17(13)18)20-14-6-10-21(11-7-14)16-4-8-19-9-5-16/h2-5,8-9,12,14,20H,6-7,10-11H2,1H3. The molecule has 1 fully saturated rings. The van der Waals surface area contributed by atoms with E-state index in [9.17, 15) is 4.39 Å². The quantitative estimate of drug-likeness (QED) is 0.933. The zero-order valence-corrected chi connectivity index (χ0v) is 12.2. The van der Waals surface area contributed by atoms with Crippen molar-refractivity contribution in [3.05, 3.63) is 54.1 Å². The highest BCUT2D eigenvalue weighted by Crippen LogP contribution is 2.22. The molecule has 0 spiro atoms. The third-order valence-electron chi connectivity index (χ3n) is 4.05. The van der Waals surface area contributed by atoms with E-state index in [0.717, 1.165) is 31.6 Å². The highest BCUT2D eigenvalue weighted by atomic mass is 19.1. The molecule has 2 heterocycles. The predicted molar refractivity (Wildman–Crippen MR) is 84.2 cm³/mol. The second-order valence-electron chi connectivity index (χ2n) is 5.58. The third-order valence-corrected chi connectivity index (χ3v) is 4.05. The van der Waals surface area contributed by atoms with Gasteiger partial charge in [-0.3, -0.25) is 4.98 Å². The van der Waals surface area contributed by atoms with Crippen LogP contribution in [0.2, 0.25) is 0 Å². The van der Waals surface area contributed by atoms with Crippen molar-refractivity contribution in [3.8, 4) is 0 Å². The van der Waals surface area contributed by atoms with Crippen LogP contribution < -0.4 is 10.2 Å². The number of benzene rings is 1. The summed E-state index contributed by atoms with van der Waals surface area (Å²) in [5.74, 6) is -0.145. The summed E-state index contributed by atoms with van der Waals surface area (Å²) in [5.41, 5.74) is 2.94. The Bertz CT molecular complexity index is 592. The van der Waals surface area contributed by atoms with Gasteiger partial charge in [-0.25, -0.2) is 4.39 Å². The molecular weight excluding hydrogens is 265 g/mol. The van der Waals surface area contributed by atoms with E-state index in [0.29, 0.717) is 11.6 Å². The van der Waals surface area contributed by atoms with Crippen molar-refractivity contribution in [2.75, 3.05) is 23.3 Å². The van der Waals surface area contributed by atoms with Crippen molar-refractivity contribution in [2.45, 2.75) is 25.8 Å². The van der Waals surface area contributed by atoms with E-state index < -0.39 is 0 Å². The molecule has 110 valence electrons. The minimum Gasteiger partial charge on any atom is -0.382 e. The van der Waals surface area contributed by atoms with Crippen LogP contribution in [-0.4, -0.2) is 24.1 Å². The van der Waals surface area contributed by atoms with Gasteiger partial charge < -0.3 is 10.2 Å². The Morgan fingerprint density at radius 1 is 1.14 bits per heavy atom. The highest BCUT2D eigenvalue weighted by Gasteiger charge is 2.19. The molecule has 0 bridgehead atoms. The summed E-state index contributed by atoms with van der Waals surface area (Å²) in [4.78, 5) is 6.44. The summed E-state index contributed by atoms with van der Waals surface area (Å²) in [7, 11) is 0. The van der Waals surface area contributed by atoms with Gasteiger partial charge in [-0.2, -0.15) is 0 Å². The van der Waals surface area contributed by atoms with Gasteiger partial charge in [0.25, 0.3) is 0 Å². The van der Waals surface area contributed by atoms with E-state index >= 15 is 0 Å². The molecule has 0 amide bonds. The Hall–Kier alpha value is -2.10. The predicted octanol–water partition coefficient (Wildman–Crippen LogP) is 3.61. The Balaban J connectivity index is 1.57. The monoisotopic (exact) mass is 285 g/mol. The fraction of sp³-hybridized carbons (Fsp3) is 0.353. The summed E-state index contributed by atoms with van der Waals surface area (Å²) < 4.78 is 13.3. The minimum absolute atomic E-state index is 0.145. The van der Waals surface area contributed by atoms with Crippen molar-refractivity contribution in [2.24, 2.45) is 0 Å². The molecule has 0 atom stereocenters. The Kier molecular flexibility index (Phi) is 4.04. The number of rotatable bonds is 3. The van der Waals surface area contributed by atoms with Crippen molar-refractivity contribution in [1.82, 2.24) is 4.98 Å². The summed E-state index contributed by atoms with van der Waals surface area (Å²) in [6, 6.07) is 9.79. The number of piperidine rings is 1. The molecule has 0 radical (unpaired) electrons. The average molecular weight is 285 g/mol. The molecule has 1 saturated heterocycles. The maximum absolute atomic E-state index is 13.3. The molecule has 21 heavy (non-hydrogen) atoms. The van der Waals surface area contributed by atoms with Gasteiger partial charge in [0.05, 0.1) is 0 Å². The molecule has 0 aliphatic carbocycles.